The topological polar surface area (TPSA) is 24.5 Å². The van der Waals surface area contributed by atoms with E-state index in [1.54, 1.807) is 7.11 Å². The molecule has 0 aromatic heterocycles. The number of methoxy groups -OCH3 is 1. The lowest BCUT2D eigenvalue weighted by molar-refractivity contribution is 0.159. The average molecular weight is 285 g/mol. The van der Waals surface area contributed by atoms with E-state index in [1.807, 2.05) is 18.2 Å². The summed E-state index contributed by atoms with van der Waals surface area (Å²) in [5, 5.41) is 4.35. The summed E-state index contributed by atoms with van der Waals surface area (Å²) in [5.74, 6) is 0. The van der Waals surface area contributed by atoms with E-state index in [2.05, 4.69) is 30.3 Å². The van der Waals surface area contributed by atoms with Gasteiger partial charge in [-0.2, -0.15) is 0 Å². The second-order valence-electron chi connectivity index (χ2n) is 4.72. The Hall–Kier alpha value is -0.610. The van der Waals surface area contributed by atoms with Crippen molar-refractivity contribution >= 4 is 11.6 Å². The Bertz CT molecular complexity index is 360. The van der Waals surface area contributed by atoms with Crippen LogP contribution in [0.1, 0.15) is 24.9 Å². The predicted octanol–water partition coefficient (Wildman–Crippen LogP) is 2.96. The number of hydrogen-bond acceptors (Lipinski definition) is 3. The highest BCUT2D eigenvalue weighted by molar-refractivity contribution is 6.31. The molecule has 0 aliphatic rings. The second kappa shape index (κ2) is 9.32. The summed E-state index contributed by atoms with van der Waals surface area (Å²) in [5.41, 5.74) is 1.19. The molecule has 0 aliphatic carbocycles. The van der Waals surface area contributed by atoms with Gasteiger partial charge < -0.3 is 15.0 Å². The van der Waals surface area contributed by atoms with Gasteiger partial charge in [-0.25, -0.2) is 0 Å². The van der Waals surface area contributed by atoms with Crippen LogP contribution in [0.3, 0.4) is 0 Å². The van der Waals surface area contributed by atoms with Crippen LogP contribution >= 0.6 is 11.6 Å². The molecule has 0 fully saturated rings. The van der Waals surface area contributed by atoms with Gasteiger partial charge in [0.1, 0.15) is 0 Å². The molecule has 1 aromatic rings. The Morgan fingerprint density at radius 3 is 2.68 bits per heavy atom. The average Bonchev–Trinajstić information content (AvgIpc) is 2.42. The highest BCUT2D eigenvalue weighted by Crippen LogP contribution is 2.25. The lowest BCUT2D eigenvalue weighted by Gasteiger charge is -2.23. The van der Waals surface area contributed by atoms with Crippen molar-refractivity contribution in [1.82, 2.24) is 10.2 Å². The van der Waals surface area contributed by atoms with Crippen molar-refractivity contribution in [2.24, 2.45) is 0 Å². The second-order valence-corrected chi connectivity index (χ2v) is 5.12. The first-order valence-electron chi connectivity index (χ1n) is 6.84. The summed E-state index contributed by atoms with van der Waals surface area (Å²) >= 11 is 6.28. The molecule has 0 spiro atoms. The SMILES string of the molecule is CCNC(CCN(C)CCOC)c1ccccc1Cl. The zero-order chi connectivity index (χ0) is 14.1. The van der Waals surface area contributed by atoms with Crippen molar-refractivity contribution in [1.29, 1.82) is 0 Å². The number of nitrogens with one attached hydrogen (secondary N) is 1. The summed E-state index contributed by atoms with van der Waals surface area (Å²) in [4.78, 5) is 2.28. The fourth-order valence-corrected chi connectivity index (χ4v) is 2.35. The maximum atomic E-state index is 6.28. The lowest BCUT2D eigenvalue weighted by atomic mass is 10.0. The van der Waals surface area contributed by atoms with E-state index in [4.69, 9.17) is 16.3 Å². The van der Waals surface area contributed by atoms with Gasteiger partial charge in [0.25, 0.3) is 0 Å². The molecule has 1 aromatic carbocycles. The summed E-state index contributed by atoms with van der Waals surface area (Å²) in [6, 6.07) is 8.38. The van der Waals surface area contributed by atoms with Crippen LogP contribution in [0.25, 0.3) is 0 Å². The van der Waals surface area contributed by atoms with Gasteiger partial charge in [-0.1, -0.05) is 36.7 Å². The van der Waals surface area contributed by atoms with E-state index in [1.165, 1.54) is 5.56 Å². The summed E-state index contributed by atoms with van der Waals surface area (Å²) < 4.78 is 5.09. The summed E-state index contributed by atoms with van der Waals surface area (Å²) in [6.45, 7) is 5.81. The van der Waals surface area contributed by atoms with Gasteiger partial charge in [-0.05, 0) is 38.2 Å². The van der Waals surface area contributed by atoms with Crippen LogP contribution in [-0.4, -0.2) is 45.3 Å². The van der Waals surface area contributed by atoms with E-state index in [9.17, 15) is 0 Å². The van der Waals surface area contributed by atoms with E-state index < -0.39 is 0 Å². The summed E-state index contributed by atoms with van der Waals surface area (Å²) in [6.07, 6.45) is 1.04. The first-order valence-corrected chi connectivity index (χ1v) is 7.22. The van der Waals surface area contributed by atoms with Gasteiger partial charge in [0.15, 0.2) is 0 Å². The highest BCUT2D eigenvalue weighted by atomic mass is 35.5. The Morgan fingerprint density at radius 1 is 1.32 bits per heavy atom. The number of nitrogens with zero attached hydrogens (tertiary/aromatic N) is 1. The molecule has 0 saturated heterocycles. The van der Waals surface area contributed by atoms with Crippen molar-refractivity contribution < 1.29 is 4.74 Å². The van der Waals surface area contributed by atoms with Crippen LogP contribution in [0.15, 0.2) is 24.3 Å². The van der Waals surface area contributed by atoms with E-state index in [0.29, 0.717) is 6.04 Å². The molecular formula is C15H25ClN2O. The minimum atomic E-state index is 0.309. The number of benzene rings is 1. The third-order valence-electron chi connectivity index (χ3n) is 3.21. The van der Waals surface area contributed by atoms with Crippen molar-refractivity contribution in [2.45, 2.75) is 19.4 Å². The smallest absolute Gasteiger partial charge is 0.0589 e. The number of halogens is 1. The van der Waals surface area contributed by atoms with Crippen LogP contribution in [-0.2, 0) is 4.74 Å². The number of hydrogen-bond donors (Lipinski definition) is 1. The molecule has 1 atom stereocenters. The molecule has 0 radical (unpaired) electrons. The van der Waals surface area contributed by atoms with Gasteiger partial charge in [-0.15, -0.1) is 0 Å². The molecule has 108 valence electrons. The van der Waals surface area contributed by atoms with Gasteiger partial charge in [0.05, 0.1) is 6.61 Å². The zero-order valence-corrected chi connectivity index (χ0v) is 12.9. The van der Waals surface area contributed by atoms with E-state index in [-0.39, 0.29) is 0 Å². The quantitative estimate of drug-likeness (QED) is 0.754. The maximum absolute atomic E-state index is 6.28. The number of ether oxygens (including phenoxy) is 1. The van der Waals surface area contributed by atoms with Crippen molar-refractivity contribution in [3.63, 3.8) is 0 Å². The van der Waals surface area contributed by atoms with E-state index >= 15 is 0 Å². The lowest BCUT2D eigenvalue weighted by Crippen LogP contribution is -2.29. The van der Waals surface area contributed by atoms with Crippen molar-refractivity contribution in [3.05, 3.63) is 34.9 Å². The molecule has 1 rings (SSSR count). The zero-order valence-electron chi connectivity index (χ0n) is 12.2. The maximum Gasteiger partial charge on any atom is 0.0589 e. The van der Waals surface area contributed by atoms with Crippen LogP contribution in [0.5, 0.6) is 0 Å². The molecule has 0 heterocycles. The molecule has 3 nitrogen and oxygen atoms in total. The third kappa shape index (κ3) is 5.91. The first kappa shape index (κ1) is 16.4. The van der Waals surface area contributed by atoms with Crippen LogP contribution in [0.4, 0.5) is 0 Å². The Morgan fingerprint density at radius 2 is 2.05 bits per heavy atom. The van der Waals surface area contributed by atoms with Crippen LogP contribution in [0, 0.1) is 0 Å². The molecule has 4 heteroatoms. The largest absolute Gasteiger partial charge is 0.383 e. The van der Waals surface area contributed by atoms with Gasteiger partial charge in [0.2, 0.25) is 0 Å². The molecule has 1 N–H and O–H groups in total. The van der Waals surface area contributed by atoms with Crippen molar-refractivity contribution in [2.75, 3.05) is 40.4 Å². The Labute approximate surface area is 121 Å². The minimum absolute atomic E-state index is 0.309. The van der Waals surface area contributed by atoms with Crippen LogP contribution in [0.2, 0.25) is 5.02 Å². The van der Waals surface area contributed by atoms with Crippen molar-refractivity contribution in [3.8, 4) is 0 Å². The monoisotopic (exact) mass is 284 g/mol. The van der Waals surface area contributed by atoms with Gasteiger partial charge in [0, 0.05) is 24.7 Å². The molecule has 0 amide bonds. The fraction of sp³-hybridized carbons (Fsp3) is 0.600. The van der Waals surface area contributed by atoms with E-state index in [0.717, 1.165) is 37.7 Å². The van der Waals surface area contributed by atoms with Gasteiger partial charge in [-0.3, -0.25) is 0 Å². The molecule has 0 aliphatic heterocycles. The minimum Gasteiger partial charge on any atom is -0.383 e. The fourth-order valence-electron chi connectivity index (χ4n) is 2.08. The summed E-state index contributed by atoms with van der Waals surface area (Å²) in [7, 11) is 3.85. The Balaban J connectivity index is 2.56. The third-order valence-corrected chi connectivity index (χ3v) is 3.55. The standard InChI is InChI=1S/C15H25ClN2O/c1-4-17-15(9-10-18(2)11-12-19-3)13-7-5-6-8-14(13)16/h5-8,15,17H,4,9-12H2,1-3H3. The predicted molar refractivity (Wildman–Crippen MR) is 81.9 cm³/mol. The number of likely N-dealkylation sites (N-methyl/N-ethyl adjacent to an activating group) is 1. The van der Waals surface area contributed by atoms with Crippen LogP contribution < -0.4 is 5.32 Å². The molecule has 19 heavy (non-hydrogen) atoms. The van der Waals surface area contributed by atoms with Gasteiger partial charge >= 0.3 is 0 Å². The highest BCUT2D eigenvalue weighted by Gasteiger charge is 2.13. The molecule has 0 bridgehead atoms. The molecule has 1 unspecified atom stereocenters. The number of rotatable bonds is 9. The molecule has 0 saturated carbocycles. The molecular weight excluding hydrogens is 260 g/mol. The Kier molecular flexibility index (Phi) is 8.07. The normalized spacial score (nSPS) is 12.9. The first-order chi connectivity index (χ1) is 9.19.